The van der Waals surface area contributed by atoms with E-state index in [9.17, 15) is 5.11 Å². The van der Waals surface area contributed by atoms with Gasteiger partial charge < -0.3 is 15.2 Å². The Morgan fingerprint density at radius 2 is 2.50 bits per heavy atom. The fourth-order valence-electron chi connectivity index (χ4n) is 2.27. The molecule has 1 atom stereocenters. The molecule has 0 saturated carbocycles. The molecule has 0 radical (unpaired) electrons. The fourth-order valence-corrected chi connectivity index (χ4v) is 3.16. The van der Waals surface area contributed by atoms with E-state index in [1.54, 1.807) is 7.11 Å². The van der Waals surface area contributed by atoms with Crippen LogP contribution in [0.4, 0.5) is 0 Å². The van der Waals surface area contributed by atoms with Crippen LogP contribution in [0.2, 0.25) is 0 Å². The lowest BCUT2D eigenvalue weighted by atomic mass is 10.1. The molecule has 1 aliphatic rings. The molecule has 0 saturated heterocycles. The van der Waals surface area contributed by atoms with E-state index in [1.807, 2.05) is 11.3 Å². The van der Waals surface area contributed by atoms with Gasteiger partial charge in [0.2, 0.25) is 0 Å². The van der Waals surface area contributed by atoms with Crippen LogP contribution in [-0.2, 0) is 17.7 Å². The Labute approximate surface area is 113 Å². The van der Waals surface area contributed by atoms with Crippen molar-refractivity contribution in [2.24, 2.45) is 0 Å². The summed E-state index contributed by atoms with van der Waals surface area (Å²) in [6.07, 6.45) is 0.818. The fraction of sp³-hybridized carbons (Fsp3) is 0.692. The molecule has 5 heteroatoms. The molecule has 0 amide bonds. The van der Waals surface area contributed by atoms with E-state index in [0.29, 0.717) is 13.2 Å². The van der Waals surface area contributed by atoms with Crippen LogP contribution < -0.4 is 5.32 Å². The summed E-state index contributed by atoms with van der Waals surface area (Å²) in [5, 5.41) is 15.3. The van der Waals surface area contributed by atoms with E-state index < -0.39 is 0 Å². The SMILES string of the molecule is COCCNCC(O)CN1CCc2sccc2C1. The lowest BCUT2D eigenvalue weighted by molar-refractivity contribution is 0.102. The molecule has 0 aromatic carbocycles. The van der Waals surface area contributed by atoms with Crippen molar-refractivity contribution in [3.63, 3.8) is 0 Å². The summed E-state index contributed by atoms with van der Waals surface area (Å²) in [6, 6.07) is 2.20. The first kappa shape index (κ1) is 14.0. The minimum atomic E-state index is -0.304. The number of β-amino-alcohol motifs (C(OH)–C–C–N with tert-alkyl or cyclic N) is 1. The maximum absolute atomic E-state index is 9.96. The highest BCUT2D eigenvalue weighted by Crippen LogP contribution is 2.23. The number of hydrogen-bond acceptors (Lipinski definition) is 5. The number of hydrogen-bond donors (Lipinski definition) is 2. The summed E-state index contributed by atoms with van der Waals surface area (Å²) in [7, 11) is 1.68. The summed E-state index contributed by atoms with van der Waals surface area (Å²) in [5.74, 6) is 0. The Hall–Kier alpha value is -0.460. The first-order valence-electron chi connectivity index (χ1n) is 6.45. The molecule has 2 heterocycles. The second-order valence-electron chi connectivity index (χ2n) is 4.70. The summed E-state index contributed by atoms with van der Waals surface area (Å²) < 4.78 is 4.95. The number of fused-ring (bicyclic) bond motifs is 1. The Balaban J connectivity index is 1.67. The van der Waals surface area contributed by atoms with Crippen molar-refractivity contribution in [1.82, 2.24) is 10.2 Å². The predicted molar refractivity (Wildman–Crippen MR) is 74.1 cm³/mol. The van der Waals surface area contributed by atoms with Crippen LogP contribution in [0.1, 0.15) is 10.4 Å². The van der Waals surface area contributed by atoms with Crippen molar-refractivity contribution in [3.05, 3.63) is 21.9 Å². The molecule has 0 fully saturated rings. The van der Waals surface area contributed by atoms with Gasteiger partial charge in [-0.1, -0.05) is 0 Å². The predicted octanol–water partition coefficient (Wildman–Crippen LogP) is 0.703. The van der Waals surface area contributed by atoms with E-state index in [4.69, 9.17) is 4.74 Å². The van der Waals surface area contributed by atoms with Crippen molar-refractivity contribution in [3.8, 4) is 0 Å². The Bertz CT molecular complexity index is 357. The molecule has 1 aromatic heterocycles. The van der Waals surface area contributed by atoms with Crippen molar-refractivity contribution in [2.75, 3.05) is 39.9 Å². The lowest BCUT2D eigenvalue weighted by Crippen LogP contribution is -2.40. The number of methoxy groups -OCH3 is 1. The summed E-state index contributed by atoms with van der Waals surface area (Å²) in [4.78, 5) is 3.84. The highest BCUT2D eigenvalue weighted by Gasteiger charge is 2.19. The van der Waals surface area contributed by atoms with E-state index >= 15 is 0 Å². The molecule has 4 nitrogen and oxygen atoms in total. The van der Waals surface area contributed by atoms with Crippen LogP contribution in [0.5, 0.6) is 0 Å². The van der Waals surface area contributed by atoms with Crippen LogP contribution in [-0.4, -0.2) is 56.0 Å². The molecule has 1 aromatic rings. The standard InChI is InChI=1S/C13H22N2O2S/c1-17-6-4-14-8-12(16)10-15-5-2-13-11(9-15)3-7-18-13/h3,7,12,14,16H,2,4-6,8-10H2,1H3. The molecule has 0 aliphatic carbocycles. The first-order valence-corrected chi connectivity index (χ1v) is 7.33. The van der Waals surface area contributed by atoms with Crippen LogP contribution in [0.3, 0.4) is 0 Å². The van der Waals surface area contributed by atoms with Gasteiger partial charge in [0.1, 0.15) is 0 Å². The summed E-state index contributed by atoms with van der Waals surface area (Å²) >= 11 is 1.85. The third-order valence-electron chi connectivity index (χ3n) is 3.22. The highest BCUT2D eigenvalue weighted by molar-refractivity contribution is 7.10. The molecular formula is C13H22N2O2S. The Kier molecular flexibility index (Phi) is 5.59. The second-order valence-corrected chi connectivity index (χ2v) is 5.71. The van der Waals surface area contributed by atoms with Gasteiger partial charge >= 0.3 is 0 Å². The van der Waals surface area contributed by atoms with Gasteiger partial charge in [-0.25, -0.2) is 0 Å². The van der Waals surface area contributed by atoms with Gasteiger partial charge in [0.15, 0.2) is 0 Å². The van der Waals surface area contributed by atoms with E-state index in [1.165, 1.54) is 10.4 Å². The van der Waals surface area contributed by atoms with Crippen LogP contribution in [0.25, 0.3) is 0 Å². The molecule has 102 valence electrons. The zero-order chi connectivity index (χ0) is 12.8. The monoisotopic (exact) mass is 270 g/mol. The maximum atomic E-state index is 9.96. The zero-order valence-electron chi connectivity index (χ0n) is 10.9. The molecule has 0 spiro atoms. The third-order valence-corrected chi connectivity index (χ3v) is 4.24. The van der Waals surface area contributed by atoms with Gasteiger partial charge in [-0.2, -0.15) is 0 Å². The minimum Gasteiger partial charge on any atom is -0.390 e. The topological polar surface area (TPSA) is 44.7 Å². The number of nitrogens with one attached hydrogen (secondary N) is 1. The Morgan fingerprint density at radius 1 is 1.61 bits per heavy atom. The van der Waals surface area contributed by atoms with Crippen molar-refractivity contribution in [1.29, 1.82) is 0 Å². The number of aliphatic hydroxyl groups is 1. The van der Waals surface area contributed by atoms with Gasteiger partial charge in [0.25, 0.3) is 0 Å². The molecule has 1 unspecified atom stereocenters. The smallest absolute Gasteiger partial charge is 0.0791 e. The molecule has 1 aliphatic heterocycles. The van der Waals surface area contributed by atoms with Gasteiger partial charge in [0, 0.05) is 44.7 Å². The van der Waals surface area contributed by atoms with Crippen LogP contribution in [0.15, 0.2) is 11.4 Å². The van der Waals surface area contributed by atoms with E-state index in [2.05, 4.69) is 21.7 Å². The second kappa shape index (κ2) is 7.21. The third kappa shape index (κ3) is 4.03. The zero-order valence-corrected chi connectivity index (χ0v) is 11.7. The van der Waals surface area contributed by atoms with Crippen molar-refractivity contribution >= 4 is 11.3 Å². The number of rotatable bonds is 7. The Morgan fingerprint density at radius 3 is 3.33 bits per heavy atom. The van der Waals surface area contributed by atoms with Gasteiger partial charge in [-0.05, 0) is 23.4 Å². The molecule has 2 N–H and O–H groups in total. The van der Waals surface area contributed by atoms with Crippen molar-refractivity contribution in [2.45, 2.75) is 19.1 Å². The maximum Gasteiger partial charge on any atom is 0.0791 e. The number of thiophene rings is 1. The van der Waals surface area contributed by atoms with Gasteiger partial charge in [-0.3, -0.25) is 4.90 Å². The molecule has 2 rings (SSSR count). The highest BCUT2D eigenvalue weighted by atomic mass is 32.1. The minimum absolute atomic E-state index is 0.304. The largest absolute Gasteiger partial charge is 0.390 e. The van der Waals surface area contributed by atoms with Gasteiger partial charge in [-0.15, -0.1) is 11.3 Å². The first-order chi connectivity index (χ1) is 8.79. The van der Waals surface area contributed by atoms with Crippen molar-refractivity contribution < 1.29 is 9.84 Å². The number of nitrogens with zero attached hydrogens (tertiary/aromatic N) is 1. The molecule has 0 bridgehead atoms. The van der Waals surface area contributed by atoms with Crippen LogP contribution >= 0.6 is 11.3 Å². The number of aliphatic hydroxyl groups excluding tert-OH is 1. The quantitative estimate of drug-likeness (QED) is 0.716. The number of ether oxygens (including phenoxy) is 1. The average molecular weight is 270 g/mol. The van der Waals surface area contributed by atoms with E-state index in [0.717, 1.165) is 32.6 Å². The van der Waals surface area contributed by atoms with Crippen LogP contribution in [0, 0.1) is 0 Å². The molecule has 18 heavy (non-hydrogen) atoms. The lowest BCUT2D eigenvalue weighted by Gasteiger charge is -2.28. The summed E-state index contributed by atoms with van der Waals surface area (Å²) in [5.41, 5.74) is 1.44. The average Bonchev–Trinajstić information content (AvgIpc) is 2.82. The van der Waals surface area contributed by atoms with E-state index in [-0.39, 0.29) is 6.10 Å². The molecular weight excluding hydrogens is 248 g/mol. The normalized spacial score (nSPS) is 17.7. The summed E-state index contributed by atoms with van der Waals surface area (Å²) in [6.45, 7) is 4.90. The van der Waals surface area contributed by atoms with Gasteiger partial charge in [0.05, 0.1) is 12.7 Å².